The zero-order valence-corrected chi connectivity index (χ0v) is 13.1. The number of phosphoric ester groups is 1. The van der Waals surface area contributed by atoms with E-state index in [1.54, 1.807) is 27.7 Å². The second-order valence-electron chi connectivity index (χ2n) is 5.45. The van der Waals surface area contributed by atoms with Crippen molar-refractivity contribution in [3.05, 3.63) is 25.0 Å². The van der Waals surface area contributed by atoms with Gasteiger partial charge in [-0.1, -0.05) is 0 Å². The number of imidazole rings is 2. The van der Waals surface area contributed by atoms with Gasteiger partial charge in [-0.15, -0.1) is 0 Å². The van der Waals surface area contributed by atoms with Crippen molar-refractivity contribution >= 4 is 24.6 Å². The van der Waals surface area contributed by atoms with Gasteiger partial charge in [0.1, 0.15) is 18.7 Å². The molecule has 0 saturated carbocycles. The highest BCUT2D eigenvalue weighted by Crippen LogP contribution is 2.38. The minimum atomic E-state index is -4.62. The van der Waals surface area contributed by atoms with Gasteiger partial charge in [-0.3, -0.25) is 13.5 Å². The van der Waals surface area contributed by atoms with Crippen LogP contribution in [0, 0.1) is 0 Å². The number of hydrogen-bond donors (Lipinski definition) is 3. The molecule has 1 saturated heterocycles. The minimum absolute atomic E-state index is 0.224. The van der Waals surface area contributed by atoms with E-state index in [1.165, 1.54) is 6.33 Å². The van der Waals surface area contributed by atoms with Gasteiger partial charge in [-0.25, -0.2) is 19.5 Å². The number of rotatable bonds is 4. The van der Waals surface area contributed by atoms with E-state index in [4.69, 9.17) is 14.5 Å². The summed E-state index contributed by atoms with van der Waals surface area (Å²) in [5, 5.41) is 10.0. The topological polar surface area (TPSA) is 144 Å². The van der Waals surface area contributed by atoms with Crippen LogP contribution >= 0.6 is 7.82 Å². The highest BCUT2D eigenvalue weighted by Gasteiger charge is 2.37. The van der Waals surface area contributed by atoms with Crippen molar-refractivity contribution in [2.24, 2.45) is 0 Å². The second kappa shape index (κ2) is 5.59. The standard InChI is InChI=1S/C12H14N5O6P/c18-7-3-9(23-8(7)4-22-24(19,20)21)17-6-14-10-11-13-1-2-16(11)5-15-12(10)17/h1-2,5-9,18H,3-4H2,(H2,19,20,21)/t7-,8?,9-/m1/s1. The number of phosphoric acid groups is 1. The lowest BCUT2D eigenvalue weighted by atomic mass is 10.2. The van der Waals surface area contributed by atoms with E-state index in [9.17, 15) is 9.67 Å². The predicted molar refractivity (Wildman–Crippen MR) is 78.8 cm³/mol. The largest absolute Gasteiger partial charge is 0.469 e. The summed E-state index contributed by atoms with van der Waals surface area (Å²) < 4.78 is 24.2. The highest BCUT2D eigenvalue weighted by molar-refractivity contribution is 7.46. The molecule has 3 N–H and O–H groups in total. The molecule has 12 heteroatoms. The summed E-state index contributed by atoms with van der Waals surface area (Å²) in [6.07, 6.45) is 4.41. The van der Waals surface area contributed by atoms with Crippen LogP contribution in [-0.2, 0) is 13.8 Å². The number of aliphatic hydroxyl groups is 1. The quantitative estimate of drug-likeness (QED) is 0.543. The van der Waals surface area contributed by atoms with E-state index >= 15 is 0 Å². The third kappa shape index (κ3) is 2.71. The van der Waals surface area contributed by atoms with Gasteiger partial charge < -0.3 is 19.6 Å². The number of nitrogens with zero attached hydrogens (tertiary/aromatic N) is 5. The van der Waals surface area contributed by atoms with Crippen LogP contribution < -0.4 is 0 Å². The average molecular weight is 355 g/mol. The Morgan fingerprint density at radius 2 is 2.12 bits per heavy atom. The fourth-order valence-corrected chi connectivity index (χ4v) is 3.10. The van der Waals surface area contributed by atoms with Crippen LogP contribution in [0.4, 0.5) is 0 Å². The maximum Gasteiger partial charge on any atom is 0.469 e. The zero-order chi connectivity index (χ0) is 16.9. The number of ether oxygens (including phenoxy) is 1. The Bertz CT molecular complexity index is 934. The Labute approximate surface area is 134 Å². The first-order valence-corrected chi connectivity index (χ1v) is 8.63. The fraction of sp³-hybridized carbons (Fsp3) is 0.417. The lowest BCUT2D eigenvalue weighted by Gasteiger charge is -2.16. The van der Waals surface area contributed by atoms with Crippen molar-refractivity contribution in [1.82, 2.24) is 23.9 Å². The molecular weight excluding hydrogens is 341 g/mol. The number of aliphatic hydroxyl groups excluding tert-OH is 1. The molecule has 0 bridgehead atoms. The molecule has 4 heterocycles. The Hall–Kier alpha value is -1.88. The highest BCUT2D eigenvalue weighted by atomic mass is 31.2. The maximum atomic E-state index is 10.8. The molecule has 3 aromatic rings. The van der Waals surface area contributed by atoms with Crippen molar-refractivity contribution in [3.63, 3.8) is 0 Å². The summed E-state index contributed by atoms with van der Waals surface area (Å²) in [5.41, 5.74) is 1.79. The molecule has 3 aromatic heterocycles. The molecule has 0 radical (unpaired) electrons. The predicted octanol–water partition coefficient (Wildman–Crippen LogP) is -0.163. The van der Waals surface area contributed by atoms with E-state index in [0.29, 0.717) is 16.8 Å². The molecule has 24 heavy (non-hydrogen) atoms. The van der Waals surface area contributed by atoms with Crippen molar-refractivity contribution in [3.8, 4) is 0 Å². The molecule has 1 unspecified atom stereocenters. The van der Waals surface area contributed by atoms with Gasteiger partial charge in [-0.2, -0.15) is 0 Å². The lowest BCUT2D eigenvalue weighted by Crippen LogP contribution is -2.25. The molecule has 0 amide bonds. The second-order valence-corrected chi connectivity index (χ2v) is 6.68. The van der Waals surface area contributed by atoms with Crippen molar-refractivity contribution in [1.29, 1.82) is 0 Å². The molecule has 0 aromatic carbocycles. The van der Waals surface area contributed by atoms with Gasteiger partial charge in [-0.05, 0) is 0 Å². The third-order valence-corrected chi connectivity index (χ3v) is 4.36. The molecule has 128 valence electrons. The number of fused-ring (bicyclic) bond motifs is 3. The fourth-order valence-electron chi connectivity index (χ4n) is 2.76. The first-order valence-electron chi connectivity index (χ1n) is 7.10. The summed E-state index contributed by atoms with van der Waals surface area (Å²) in [5.74, 6) is 0. The SMILES string of the molecule is O=P(O)(O)OCC1O[C@@H](n2cnc3c2ncn2ccnc32)C[C@H]1O. The van der Waals surface area contributed by atoms with Gasteiger partial charge in [0.2, 0.25) is 0 Å². The maximum absolute atomic E-state index is 10.8. The average Bonchev–Trinajstić information content (AvgIpc) is 3.20. The molecule has 1 aliphatic heterocycles. The third-order valence-electron chi connectivity index (χ3n) is 3.87. The van der Waals surface area contributed by atoms with Gasteiger partial charge >= 0.3 is 7.82 Å². The molecule has 0 aliphatic carbocycles. The number of hydrogen-bond acceptors (Lipinski definition) is 7. The molecule has 4 rings (SSSR count). The smallest absolute Gasteiger partial charge is 0.390 e. The van der Waals surface area contributed by atoms with Crippen LogP contribution in [0.1, 0.15) is 12.6 Å². The van der Waals surface area contributed by atoms with Gasteiger partial charge in [0.05, 0.1) is 19.0 Å². The van der Waals surface area contributed by atoms with E-state index in [0.717, 1.165) is 0 Å². The zero-order valence-electron chi connectivity index (χ0n) is 12.2. The van der Waals surface area contributed by atoms with E-state index in [1.807, 2.05) is 0 Å². The summed E-state index contributed by atoms with van der Waals surface area (Å²) in [6, 6.07) is 0. The van der Waals surface area contributed by atoms with E-state index in [2.05, 4.69) is 19.5 Å². The normalized spacial score (nSPS) is 25.0. The Morgan fingerprint density at radius 3 is 2.92 bits per heavy atom. The summed E-state index contributed by atoms with van der Waals surface area (Å²) in [6.45, 7) is -0.410. The van der Waals surface area contributed by atoms with Crippen LogP contribution in [0.3, 0.4) is 0 Å². The summed E-state index contributed by atoms with van der Waals surface area (Å²) >= 11 is 0. The molecule has 3 atom stereocenters. The molecule has 11 nitrogen and oxygen atoms in total. The monoisotopic (exact) mass is 355 g/mol. The number of aromatic nitrogens is 5. The van der Waals surface area contributed by atoms with Crippen LogP contribution in [-0.4, -0.2) is 57.6 Å². The summed E-state index contributed by atoms with van der Waals surface area (Å²) in [7, 11) is -4.62. The molecule has 1 fully saturated rings. The molecular formula is C12H14N5O6P. The van der Waals surface area contributed by atoms with Gasteiger partial charge in [0.25, 0.3) is 0 Å². The Morgan fingerprint density at radius 1 is 1.29 bits per heavy atom. The van der Waals surface area contributed by atoms with Crippen LogP contribution in [0.25, 0.3) is 16.8 Å². The Kier molecular flexibility index (Phi) is 3.64. The Balaban J connectivity index is 1.60. The molecule has 0 spiro atoms. The summed E-state index contributed by atoms with van der Waals surface area (Å²) in [4.78, 5) is 30.4. The first kappa shape index (κ1) is 15.6. The van der Waals surface area contributed by atoms with Gasteiger partial charge in [0, 0.05) is 18.8 Å². The minimum Gasteiger partial charge on any atom is -0.390 e. The van der Waals surface area contributed by atoms with Crippen LogP contribution in [0.15, 0.2) is 25.0 Å². The van der Waals surface area contributed by atoms with Gasteiger partial charge in [0.15, 0.2) is 16.8 Å². The molecule has 1 aliphatic rings. The van der Waals surface area contributed by atoms with Crippen molar-refractivity contribution in [2.75, 3.05) is 6.61 Å². The van der Waals surface area contributed by atoms with Crippen LogP contribution in [0.2, 0.25) is 0 Å². The van der Waals surface area contributed by atoms with E-state index < -0.39 is 32.9 Å². The lowest BCUT2D eigenvalue weighted by molar-refractivity contribution is -0.0424. The first-order chi connectivity index (χ1) is 11.4. The van der Waals surface area contributed by atoms with Crippen LogP contribution in [0.5, 0.6) is 0 Å². The van der Waals surface area contributed by atoms with Crippen molar-refractivity contribution < 1.29 is 28.7 Å². The van der Waals surface area contributed by atoms with Crippen molar-refractivity contribution in [2.45, 2.75) is 24.9 Å². The van der Waals surface area contributed by atoms with E-state index in [-0.39, 0.29) is 6.42 Å².